The first-order chi connectivity index (χ1) is 17.1. The fraction of sp³-hybridized carbons (Fsp3) is 0.115. The highest BCUT2D eigenvalue weighted by molar-refractivity contribution is 6.32. The van der Waals surface area contributed by atoms with E-state index in [2.05, 4.69) is 25.3 Å². The summed E-state index contributed by atoms with van der Waals surface area (Å²) in [4.78, 5) is 15.2. The molecule has 7 nitrogen and oxygen atoms in total. The summed E-state index contributed by atoms with van der Waals surface area (Å²) in [5, 5.41) is 11.7. The molecule has 0 aliphatic carbocycles. The molecule has 0 spiro atoms. The number of H-pyrrole nitrogens is 2. The summed E-state index contributed by atoms with van der Waals surface area (Å²) >= 11 is 6.44. The van der Waals surface area contributed by atoms with Crippen molar-refractivity contribution in [3.8, 4) is 5.75 Å². The lowest BCUT2D eigenvalue weighted by Gasteiger charge is -2.10. The number of halogens is 2. The number of pyridine rings is 1. The lowest BCUT2D eigenvalue weighted by molar-refractivity contribution is 0.296. The predicted molar refractivity (Wildman–Crippen MR) is 137 cm³/mol. The molecule has 0 bridgehead atoms. The van der Waals surface area contributed by atoms with Gasteiger partial charge in [0.15, 0.2) is 0 Å². The zero-order chi connectivity index (χ0) is 24.4. The molecule has 35 heavy (non-hydrogen) atoms. The van der Waals surface area contributed by atoms with Crippen molar-refractivity contribution in [2.45, 2.75) is 13.0 Å². The van der Waals surface area contributed by atoms with Gasteiger partial charge in [0.1, 0.15) is 29.6 Å². The molecule has 0 fully saturated rings. The maximum absolute atomic E-state index is 15.0. The molecule has 0 atom stereocenters. The second-order valence-corrected chi connectivity index (χ2v) is 8.41. The molecule has 0 radical (unpaired) electrons. The minimum atomic E-state index is -0.414. The largest absolute Gasteiger partial charge is 0.484 e. The average molecular weight is 489 g/mol. The fourth-order valence-corrected chi connectivity index (χ4v) is 4.21. The number of allylic oxidation sites excluding steroid dienone is 1. The smallest absolute Gasteiger partial charge is 0.146 e. The Bertz CT molecular complexity index is 1540. The van der Waals surface area contributed by atoms with Crippen LogP contribution in [0.2, 0.25) is 5.02 Å². The molecule has 0 aliphatic heterocycles. The van der Waals surface area contributed by atoms with Crippen LogP contribution in [-0.4, -0.2) is 33.2 Å². The third-order valence-corrected chi connectivity index (χ3v) is 5.99. The third-order valence-electron chi connectivity index (χ3n) is 5.69. The van der Waals surface area contributed by atoms with Gasteiger partial charge in [0.05, 0.1) is 16.1 Å². The average Bonchev–Trinajstić information content (AvgIpc) is 3.47. The SMILES string of the molecule is CN/C=C(\C=N)c1cnc2[nH]cc(Cc3cc(Cl)c(OCc4nc5ccccc5[nH]4)cc3F)c2c1. The van der Waals surface area contributed by atoms with Gasteiger partial charge in [0.2, 0.25) is 0 Å². The van der Waals surface area contributed by atoms with E-state index in [1.54, 1.807) is 25.5 Å². The zero-order valence-corrected chi connectivity index (χ0v) is 19.6. The molecule has 0 unspecified atom stereocenters. The van der Waals surface area contributed by atoms with Crippen LogP contribution >= 0.6 is 11.6 Å². The summed E-state index contributed by atoms with van der Waals surface area (Å²) in [5.74, 6) is 0.470. The molecule has 5 rings (SSSR count). The van der Waals surface area contributed by atoms with Gasteiger partial charge in [-0.3, -0.25) is 0 Å². The number of nitrogens with zero attached hydrogens (tertiary/aromatic N) is 2. The van der Waals surface area contributed by atoms with E-state index in [1.165, 1.54) is 12.3 Å². The minimum absolute atomic E-state index is 0.138. The second-order valence-electron chi connectivity index (χ2n) is 8.01. The molecular weight excluding hydrogens is 467 g/mol. The number of nitrogens with one attached hydrogen (secondary N) is 4. The van der Waals surface area contributed by atoms with E-state index in [1.807, 2.05) is 36.5 Å². The lowest BCUT2D eigenvalue weighted by Crippen LogP contribution is -2.00. The topological polar surface area (TPSA) is 102 Å². The Labute approximate surface area is 205 Å². The predicted octanol–water partition coefficient (Wildman–Crippen LogP) is 5.61. The summed E-state index contributed by atoms with van der Waals surface area (Å²) in [5.41, 5.74) is 5.22. The summed E-state index contributed by atoms with van der Waals surface area (Å²) in [6, 6.07) is 12.5. The number of benzene rings is 2. The number of rotatable bonds is 8. The van der Waals surface area contributed by atoms with Gasteiger partial charge in [-0.1, -0.05) is 23.7 Å². The highest BCUT2D eigenvalue weighted by Gasteiger charge is 2.15. The van der Waals surface area contributed by atoms with Gasteiger partial charge in [0, 0.05) is 60.9 Å². The summed E-state index contributed by atoms with van der Waals surface area (Å²) in [7, 11) is 1.77. The van der Waals surface area contributed by atoms with Crippen molar-refractivity contribution in [1.82, 2.24) is 25.3 Å². The van der Waals surface area contributed by atoms with Crippen LogP contribution < -0.4 is 10.1 Å². The van der Waals surface area contributed by atoms with Crippen molar-refractivity contribution in [3.05, 3.63) is 94.4 Å². The van der Waals surface area contributed by atoms with Gasteiger partial charge in [-0.2, -0.15) is 0 Å². The maximum atomic E-state index is 15.0. The highest BCUT2D eigenvalue weighted by atomic mass is 35.5. The Morgan fingerprint density at radius 1 is 1.23 bits per heavy atom. The molecule has 2 aromatic carbocycles. The maximum Gasteiger partial charge on any atom is 0.146 e. The van der Waals surface area contributed by atoms with Crippen molar-refractivity contribution >= 4 is 45.5 Å². The van der Waals surface area contributed by atoms with Crippen molar-refractivity contribution < 1.29 is 9.13 Å². The quantitative estimate of drug-likeness (QED) is 0.213. The van der Waals surface area contributed by atoms with Crippen LogP contribution in [0.4, 0.5) is 4.39 Å². The number of aromatic amines is 2. The van der Waals surface area contributed by atoms with Gasteiger partial charge in [0.25, 0.3) is 0 Å². The Kier molecular flexibility index (Phi) is 6.20. The van der Waals surface area contributed by atoms with Crippen LogP contribution in [0.5, 0.6) is 5.75 Å². The van der Waals surface area contributed by atoms with Gasteiger partial charge in [-0.05, 0) is 35.4 Å². The van der Waals surface area contributed by atoms with Crippen LogP contribution in [0.25, 0.3) is 27.6 Å². The molecule has 176 valence electrons. The molecule has 0 amide bonds. The Morgan fingerprint density at radius 3 is 2.89 bits per heavy atom. The molecule has 0 aliphatic rings. The van der Waals surface area contributed by atoms with Crippen LogP contribution in [0, 0.1) is 11.2 Å². The zero-order valence-electron chi connectivity index (χ0n) is 18.8. The monoisotopic (exact) mass is 488 g/mol. The first-order valence-corrected chi connectivity index (χ1v) is 11.3. The number of para-hydroxylation sites is 2. The van der Waals surface area contributed by atoms with E-state index in [0.717, 1.165) is 27.5 Å². The number of hydrogen-bond acceptors (Lipinski definition) is 5. The van der Waals surface area contributed by atoms with E-state index in [-0.39, 0.29) is 12.4 Å². The molecule has 0 saturated heterocycles. The van der Waals surface area contributed by atoms with Gasteiger partial charge in [-0.15, -0.1) is 0 Å². The van der Waals surface area contributed by atoms with Gasteiger partial charge >= 0.3 is 0 Å². The van der Waals surface area contributed by atoms with Crippen molar-refractivity contribution in [2.75, 3.05) is 7.05 Å². The number of imidazole rings is 1. The van der Waals surface area contributed by atoms with E-state index in [4.69, 9.17) is 21.7 Å². The number of aromatic nitrogens is 4. The molecule has 4 N–H and O–H groups in total. The lowest BCUT2D eigenvalue weighted by atomic mass is 10.0. The Balaban J connectivity index is 1.37. The number of hydrogen-bond donors (Lipinski definition) is 4. The van der Waals surface area contributed by atoms with E-state index < -0.39 is 5.82 Å². The van der Waals surface area contributed by atoms with Gasteiger partial charge < -0.3 is 25.4 Å². The third kappa shape index (κ3) is 4.61. The summed E-state index contributed by atoms with van der Waals surface area (Å²) in [6.45, 7) is 0.138. The normalized spacial score (nSPS) is 11.8. The second kappa shape index (κ2) is 9.60. The fourth-order valence-electron chi connectivity index (χ4n) is 3.97. The van der Waals surface area contributed by atoms with Crippen LogP contribution in [0.3, 0.4) is 0 Å². The standard InChI is InChI=1S/C26H22ClFN6O/c1-30-11-18(10-29)16-7-19-17(13-32-26(19)31-12-16)6-15-8-20(27)24(9-21(15)28)35-14-25-33-22-4-2-3-5-23(22)34-25/h2-5,7-13,29-30H,6,14H2,1H3,(H,31,32)(H,33,34)/b18-11+,29-10?. The molecular formula is C26H22ClFN6O. The molecule has 3 aromatic heterocycles. The number of ether oxygens (including phenoxy) is 1. The van der Waals surface area contributed by atoms with Crippen molar-refractivity contribution in [1.29, 1.82) is 5.41 Å². The molecule has 5 aromatic rings. The first-order valence-electron chi connectivity index (χ1n) is 10.9. The van der Waals surface area contributed by atoms with Crippen molar-refractivity contribution in [2.24, 2.45) is 0 Å². The summed E-state index contributed by atoms with van der Waals surface area (Å²) < 4.78 is 20.8. The molecule has 3 heterocycles. The van der Waals surface area contributed by atoms with E-state index >= 15 is 4.39 Å². The minimum Gasteiger partial charge on any atom is -0.484 e. The van der Waals surface area contributed by atoms with Gasteiger partial charge in [-0.25, -0.2) is 14.4 Å². The number of fused-ring (bicyclic) bond motifs is 2. The molecule has 9 heteroatoms. The Hall–Kier alpha value is -4.17. The molecule has 0 saturated carbocycles. The van der Waals surface area contributed by atoms with E-state index in [9.17, 15) is 0 Å². The van der Waals surface area contributed by atoms with E-state index in [0.29, 0.717) is 34.1 Å². The highest BCUT2D eigenvalue weighted by Crippen LogP contribution is 2.31. The first kappa shape index (κ1) is 22.6. The Morgan fingerprint density at radius 2 is 2.09 bits per heavy atom. The van der Waals surface area contributed by atoms with Crippen LogP contribution in [-0.2, 0) is 13.0 Å². The van der Waals surface area contributed by atoms with Crippen LogP contribution in [0.15, 0.2) is 61.1 Å². The van der Waals surface area contributed by atoms with Crippen molar-refractivity contribution in [3.63, 3.8) is 0 Å². The van der Waals surface area contributed by atoms with Crippen LogP contribution in [0.1, 0.15) is 22.5 Å². The summed E-state index contributed by atoms with van der Waals surface area (Å²) in [6.07, 6.45) is 6.81.